The second kappa shape index (κ2) is 9.50. The Morgan fingerprint density at radius 3 is 2.43 bits per heavy atom. The largest absolute Gasteiger partial charge is 0.463 e. The molecule has 130 valence electrons. The highest BCUT2D eigenvalue weighted by atomic mass is 16.7. The predicted octanol–water partition coefficient (Wildman–Crippen LogP) is 2.23. The van der Waals surface area contributed by atoms with Crippen LogP contribution in [0.2, 0.25) is 0 Å². The van der Waals surface area contributed by atoms with Gasteiger partial charge in [0.1, 0.15) is 6.61 Å². The van der Waals surface area contributed by atoms with Crippen molar-refractivity contribution in [1.29, 1.82) is 0 Å². The van der Waals surface area contributed by atoms with Gasteiger partial charge in [0.2, 0.25) is 0 Å². The lowest BCUT2D eigenvalue weighted by atomic mass is 9.83. The third-order valence-corrected chi connectivity index (χ3v) is 3.89. The van der Waals surface area contributed by atoms with Crippen LogP contribution < -0.4 is 0 Å². The van der Waals surface area contributed by atoms with Gasteiger partial charge in [-0.15, -0.1) is 5.73 Å². The molecule has 0 saturated carbocycles. The number of carbonyl (C=O) groups excluding carboxylic acids is 2. The van der Waals surface area contributed by atoms with Gasteiger partial charge in [-0.2, -0.15) is 0 Å². The van der Waals surface area contributed by atoms with Crippen LogP contribution in [0.25, 0.3) is 0 Å². The molecule has 6 heteroatoms. The van der Waals surface area contributed by atoms with E-state index in [0.717, 1.165) is 0 Å². The van der Waals surface area contributed by atoms with Gasteiger partial charge in [0.25, 0.3) is 0 Å². The minimum atomic E-state index is -0.708. The SMILES string of the molecule is CC=C=CCOC1OC(COC(C)=O)C(C)C(C)C1OC(C)=O. The average Bonchev–Trinajstić information content (AvgIpc) is 2.48. The molecule has 0 aliphatic carbocycles. The van der Waals surface area contributed by atoms with E-state index in [0.29, 0.717) is 0 Å². The minimum Gasteiger partial charge on any atom is -0.463 e. The Morgan fingerprint density at radius 1 is 1.17 bits per heavy atom. The van der Waals surface area contributed by atoms with Crippen LogP contribution in [-0.2, 0) is 28.5 Å². The molecule has 0 amide bonds. The van der Waals surface area contributed by atoms with Crippen molar-refractivity contribution < 1.29 is 28.5 Å². The number of esters is 2. The Morgan fingerprint density at radius 2 is 1.87 bits per heavy atom. The zero-order chi connectivity index (χ0) is 17.4. The first-order valence-electron chi connectivity index (χ1n) is 7.80. The highest BCUT2D eigenvalue weighted by Crippen LogP contribution is 2.33. The second-order valence-electron chi connectivity index (χ2n) is 5.63. The molecule has 0 bridgehead atoms. The van der Waals surface area contributed by atoms with Gasteiger partial charge in [0, 0.05) is 19.8 Å². The molecule has 0 spiro atoms. The highest BCUT2D eigenvalue weighted by Gasteiger charge is 2.44. The molecule has 6 nitrogen and oxygen atoms in total. The van der Waals surface area contributed by atoms with Gasteiger partial charge >= 0.3 is 11.9 Å². The first kappa shape index (κ1) is 19.4. The Labute approximate surface area is 137 Å². The van der Waals surface area contributed by atoms with Gasteiger partial charge in [0.15, 0.2) is 12.4 Å². The monoisotopic (exact) mass is 326 g/mol. The summed E-state index contributed by atoms with van der Waals surface area (Å²) in [6.45, 7) is 8.96. The first-order valence-corrected chi connectivity index (χ1v) is 7.80. The minimum absolute atomic E-state index is 0.00362. The van der Waals surface area contributed by atoms with E-state index < -0.39 is 12.4 Å². The van der Waals surface area contributed by atoms with Crippen LogP contribution in [0.1, 0.15) is 34.6 Å². The average molecular weight is 326 g/mol. The smallest absolute Gasteiger partial charge is 0.303 e. The molecule has 5 unspecified atom stereocenters. The van der Waals surface area contributed by atoms with E-state index in [2.05, 4.69) is 5.73 Å². The lowest BCUT2D eigenvalue weighted by Crippen LogP contribution is -2.53. The van der Waals surface area contributed by atoms with Crippen LogP contribution in [0, 0.1) is 11.8 Å². The normalized spacial score (nSPS) is 30.0. The van der Waals surface area contributed by atoms with Crippen molar-refractivity contribution in [3.8, 4) is 0 Å². The lowest BCUT2D eigenvalue weighted by Gasteiger charge is -2.43. The van der Waals surface area contributed by atoms with Gasteiger partial charge in [0.05, 0.1) is 12.7 Å². The standard InChI is InChI=1S/C17H26O6/c1-6-7-8-9-20-17-16(22-14(5)19)12(3)11(2)15(23-17)10-21-13(4)18/h6,8,11-12,15-17H,9-10H2,1-5H3. The summed E-state index contributed by atoms with van der Waals surface area (Å²) in [4.78, 5) is 22.4. The van der Waals surface area contributed by atoms with E-state index in [-0.39, 0.29) is 43.1 Å². The molecule has 0 aromatic carbocycles. The van der Waals surface area contributed by atoms with Crippen molar-refractivity contribution in [2.24, 2.45) is 11.8 Å². The maximum Gasteiger partial charge on any atom is 0.303 e. The third-order valence-electron chi connectivity index (χ3n) is 3.89. The molecule has 1 fully saturated rings. The van der Waals surface area contributed by atoms with Crippen molar-refractivity contribution in [2.75, 3.05) is 13.2 Å². The Hall–Kier alpha value is -1.62. The number of hydrogen-bond acceptors (Lipinski definition) is 6. The van der Waals surface area contributed by atoms with E-state index in [1.165, 1.54) is 13.8 Å². The van der Waals surface area contributed by atoms with Gasteiger partial charge in [-0.1, -0.05) is 13.8 Å². The predicted molar refractivity (Wildman–Crippen MR) is 83.5 cm³/mol. The molecule has 1 aliphatic rings. The Kier molecular flexibility index (Phi) is 8.03. The van der Waals surface area contributed by atoms with Crippen LogP contribution in [0.3, 0.4) is 0 Å². The molecule has 1 aliphatic heterocycles. The molecular formula is C17H26O6. The fourth-order valence-corrected chi connectivity index (χ4v) is 2.45. The summed E-state index contributed by atoms with van der Waals surface area (Å²) >= 11 is 0. The molecule has 1 heterocycles. The summed E-state index contributed by atoms with van der Waals surface area (Å²) in [5, 5.41) is 0. The van der Waals surface area contributed by atoms with Crippen LogP contribution in [-0.4, -0.2) is 43.7 Å². The van der Waals surface area contributed by atoms with Crippen molar-refractivity contribution in [2.45, 2.75) is 53.1 Å². The fourth-order valence-electron chi connectivity index (χ4n) is 2.45. The van der Waals surface area contributed by atoms with Crippen LogP contribution in [0.15, 0.2) is 17.9 Å². The van der Waals surface area contributed by atoms with Crippen LogP contribution in [0.5, 0.6) is 0 Å². The number of rotatable bonds is 6. The zero-order valence-corrected chi connectivity index (χ0v) is 14.4. The van der Waals surface area contributed by atoms with Gasteiger partial charge in [-0.25, -0.2) is 0 Å². The van der Waals surface area contributed by atoms with Crippen molar-refractivity contribution in [3.05, 3.63) is 17.9 Å². The Balaban J connectivity index is 2.81. The Bertz CT molecular complexity index is 464. The van der Waals surface area contributed by atoms with Gasteiger partial charge < -0.3 is 18.9 Å². The molecule has 1 rings (SSSR count). The molecule has 0 aromatic heterocycles. The molecule has 0 aromatic rings. The maximum absolute atomic E-state index is 11.4. The number of hydrogen-bond donors (Lipinski definition) is 0. The summed E-state index contributed by atoms with van der Waals surface area (Å²) in [5.41, 5.74) is 2.91. The lowest BCUT2D eigenvalue weighted by molar-refractivity contribution is -0.277. The van der Waals surface area contributed by atoms with Crippen LogP contribution >= 0.6 is 0 Å². The van der Waals surface area contributed by atoms with E-state index in [4.69, 9.17) is 18.9 Å². The molecular weight excluding hydrogens is 300 g/mol. The maximum atomic E-state index is 11.4. The van der Waals surface area contributed by atoms with E-state index in [1.54, 1.807) is 12.2 Å². The van der Waals surface area contributed by atoms with E-state index in [1.807, 2.05) is 20.8 Å². The molecule has 0 N–H and O–H groups in total. The quantitative estimate of drug-likeness (QED) is 0.550. The number of ether oxygens (including phenoxy) is 4. The number of carbonyl (C=O) groups is 2. The molecule has 5 atom stereocenters. The van der Waals surface area contributed by atoms with Crippen LogP contribution in [0.4, 0.5) is 0 Å². The summed E-state index contributed by atoms with van der Waals surface area (Å²) in [7, 11) is 0. The summed E-state index contributed by atoms with van der Waals surface area (Å²) < 4.78 is 22.0. The van der Waals surface area contributed by atoms with Gasteiger partial charge in [-0.3, -0.25) is 9.59 Å². The van der Waals surface area contributed by atoms with Crippen molar-refractivity contribution in [1.82, 2.24) is 0 Å². The first-order chi connectivity index (χ1) is 10.9. The van der Waals surface area contributed by atoms with E-state index >= 15 is 0 Å². The van der Waals surface area contributed by atoms with Crippen molar-refractivity contribution >= 4 is 11.9 Å². The van der Waals surface area contributed by atoms with Gasteiger partial charge in [-0.05, 0) is 25.0 Å². The summed E-state index contributed by atoms with van der Waals surface area (Å²) in [6, 6.07) is 0. The summed E-state index contributed by atoms with van der Waals surface area (Å²) in [5.74, 6) is -0.689. The van der Waals surface area contributed by atoms with E-state index in [9.17, 15) is 9.59 Å². The molecule has 0 radical (unpaired) electrons. The molecule has 1 saturated heterocycles. The highest BCUT2D eigenvalue weighted by molar-refractivity contribution is 5.66. The molecule has 23 heavy (non-hydrogen) atoms. The summed E-state index contributed by atoms with van der Waals surface area (Å²) in [6.07, 6.45) is 1.97. The second-order valence-corrected chi connectivity index (χ2v) is 5.63. The third kappa shape index (κ3) is 6.18. The van der Waals surface area contributed by atoms with Crippen molar-refractivity contribution in [3.63, 3.8) is 0 Å². The zero-order valence-electron chi connectivity index (χ0n) is 14.4. The fraction of sp³-hybridized carbons (Fsp3) is 0.706. The topological polar surface area (TPSA) is 71.1 Å².